The maximum absolute atomic E-state index is 11.7. The summed E-state index contributed by atoms with van der Waals surface area (Å²) in [4.78, 5) is 0. The first-order chi connectivity index (χ1) is 6.41. The first-order valence-electron chi connectivity index (χ1n) is 5.17. The van der Waals surface area contributed by atoms with E-state index in [1.807, 2.05) is 0 Å². The number of rotatable bonds is 10. The van der Waals surface area contributed by atoms with Gasteiger partial charge >= 0.3 is 0 Å². The number of unbranched alkanes of at least 4 members (excludes halogenated alkanes) is 4. The highest BCUT2D eigenvalue weighted by molar-refractivity contribution is 7.37. The molecule has 0 aromatic heterocycles. The van der Waals surface area contributed by atoms with Crippen molar-refractivity contribution in [3.8, 4) is 0 Å². The first-order valence-corrected chi connectivity index (χ1v) is 6.43. The molecule has 0 saturated carbocycles. The maximum atomic E-state index is 11.7. The number of hydrogen-bond acceptors (Lipinski definition) is 0. The standard InChI is InChI=1S/C10H20F2P/c11-7-3-1-5-9-13-10-6-2-4-8-12/h1-10H2. The second kappa shape index (κ2) is 12.3. The van der Waals surface area contributed by atoms with Crippen molar-refractivity contribution >= 4 is 8.58 Å². The Morgan fingerprint density at radius 1 is 0.615 bits per heavy atom. The van der Waals surface area contributed by atoms with Gasteiger partial charge in [0.1, 0.15) is 0 Å². The SMILES string of the molecule is FCCCCC[P]CCCCCF. The minimum atomic E-state index is -0.173. The van der Waals surface area contributed by atoms with Crippen LogP contribution in [0.5, 0.6) is 0 Å². The molecule has 0 unspecified atom stereocenters. The van der Waals surface area contributed by atoms with Crippen LogP contribution in [-0.4, -0.2) is 25.7 Å². The van der Waals surface area contributed by atoms with Crippen LogP contribution in [0.4, 0.5) is 8.78 Å². The summed E-state index contributed by atoms with van der Waals surface area (Å²) in [5.74, 6) is 0. The van der Waals surface area contributed by atoms with E-state index in [0.717, 1.165) is 38.5 Å². The fraction of sp³-hybridized carbons (Fsp3) is 1.00. The Morgan fingerprint density at radius 2 is 1.08 bits per heavy atom. The number of alkyl halides is 2. The van der Waals surface area contributed by atoms with Crippen LogP contribution in [0.25, 0.3) is 0 Å². The molecule has 0 aliphatic carbocycles. The Hall–Kier alpha value is 0.290. The van der Waals surface area contributed by atoms with Crippen molar-refractivity contribution in [3.05, 3.63) is 0 Å². The number of halogens is 2. The molecule has 13 heavy (non-hydrogen) atoms. The van der Waals surface area contributed by atoms with Crippen molar-refractivity contribution in [2.75, 3.05) is 25.7 Å². The van der Waals surface area contributed by atoms with E-state index in [-0.39, 0.29) is 13.3 Å². The minimum Gasteiger partial charge on any atom is -0.251 e. The molecule has 79 valence electrons. The smallest absolute Gasteiger partial charge is 0.0894 e. The summed E-state index contributed by atoms with van der Waals surface area (Å²) in [6.45, 7) is -0.346. The van der Waals surface area contributed by atoms with E-state index < -0.39 is 0 Å². The molecular formula is C10H20F2P. The van der Waals surface area contributed by atoms with Crippen LogP contribution in [0.3, 0.4) is 0 Å². The first kappa shape index (κ1) is 13.3. The molecule has 0 N–H and O–H groups in total. The molecule has 0 rings (SSSR count). The Bertz CT molecular complexity index is 79.0. The summed E-state index contributed by atoms with van der Waals surface area (Å²) < 4.78 is 23.3. The lowest BCUT2D eigenvalue weighted by Crippen LogP contribution is -1.85. The normalized spacial score (nSPS) is 10.6. The third-order valence-corrected chi connectivity index (χ3v) is 3.16. The van der Waals surface area contributed by atoms with Gasteiger partial charge in [-0.15, -0.1) is 0 Å². The molecule has 0 aliphatic rings. The lowest BCUT2D eigenvalue weighted by Gasteiger charge is -1.99. The molecule has 0 spiro atoms. The molecule has 0 aliphatic heterocycles. The van der Waals surface area contributed by atoms with Crippen LogP contribution in [-0.2, 0) is 0 Å². The second-order valence-electron chi connectivity index (χ2n) is 3.17. The van der Waals surface area contributed by atoms with E-state index in [0.29, 0.717) is 0 Å². The van der Waals surface area contributed by atoms with Crippen LogP contribution in [0.2, 0.25) is 0 Å². The third-order valence-electron chi connectivity index (χ3n) is 1.90. The van der Waals surface area contributed by atoms with Crippen LogP contribution in [0.1, 0.15) is 38.5 Å². The van der Waals surface area contributed by atoms with Crippen molar-refractivity contribution in [3.63, 3.8) is 0 Å². The summed E-state index contributed by atoms with van der Waals surface area (Å²) in [6.07, 6.45) is 8.16. The molecule has 0 amide bonds. The second-order valence-corrected chi connectivity index (χ2v) is 4.51. The summed E-state index contributed by atoms with van der Waals surface area (Å²) >= 11 is 0. The van der Waals surface area contributed by atoms with Crippen LogP contribution in [0, 0.1) is 0 Å². The van der Waals surface area contributed by atoms with Gasteiger partial charge in [0.25, 0.3) is 0 Å². The van der Waals surface area contributed by atoms with Crippen LogP contribution >= 0.6 is 8.58 Å². The van der Waals surface area contributed by atoms with E-state index in [2.05, 4.69) is 0 Å². The molecule has 0 nitrogen and oxygen atoms in total. The molecule has 3 heteroatoms. The Kier molecular flexibility index (Phi) is 12.6. The van der Waals surface area contributed by atoms with Crippen LogP contribution in [0.15, 0.2) is 0 Å². The summed E-state index contributed by atoms with van der Waals surface area (Å²) in [5.41, 5.74) is 0. The zero-order chi connectivity index (χ0) is 9.78. The van der Waals surface area contributed by atoms with E-state index in [1.54, 1.807) is 0 Å². The van der Waals surface area contributed by atoms with Crippen molar-refractivity contribution in [1.82, 2.24) is 0 Å². The minimum absolute atomic E-state index is 0.173. The molecule has 0 saturated heterocycles. The fourth-order valence-corrected chi connectivity index (χ4v) is 2.22. The molecular weight excluding hydrogens is 189 g/mol. The summed E-state index contributed by atoms with van der Waals surface area (Å²) in [6, 6.07) is 0. The van der Waals surface area contributed by atoms with Gasteiger partial charge in [-0.25, -0.2) is 0 Å². The Labute approximate surface area is 82.3 Å². The van der Waals surface area contributed by atoms with Crippen molar-refractivity contribution in [1.29, 1.82) is 0 Å². The van der Waals surface area contributed by atoms with Gasteiger partial charge in [-0.05, 0) is 38.0 Å². The van der Waals surface area contributed by atoms with Gasteiger partial charge in [0, 0.05) is 0 Å². The molecule has 0 aromatic carbocycles. The third kappa shape index (κ3) is 12.3. The predicted octanol–water partition coefficient (Wildman–Crippen LogP) is 4.21. The fourth-order valence-electron chi connectivity index (χ4n) is 1.10. The van der Waals surface area contributed by atoms with Gasteiger partial charge in [-0.2, -0.15) is 0 Å². The van der Waals surface area contributed by atoms with Gasteiger partial charge in [-0.1, -0.05) is 21.4 Å². The van der Waals surface area contributed by atoms with E-state index in [9.17, 15) is 8.78 Å². The molecule has 0 aromatic rings. The monoisotopic (exact) mass is 209 g/mol. The average Bonchev–Trinajstić information content (AvgIpc) is 2.16. The van der Waals surface area contributed by atoms with Gasteiger partial charge in [0.05, 0.1) is 13.3 Å². The molecule has 1 radical (unpaired) electrons. The predicted molar refractivity (Wildman–Crippen MR) is 56.3 cm³/mol. The lowest BCUT2D eigenvalue weighted by molar-refractivity contribution is 0.460. The lowest BCUT2D eigenvalue weighted by atomic mass is 10.3. The topological polar surface area (TPSA) is 0 Å². The number of hydrogen-bond donors (Lipinski definition) is 0. The molecule has 0 atom stereocenters. The van der Waals surface area contributed by atoms with E-state index >= 15 is 0 Å². The molecule has 0 heterocycles. The van der Waals surface area contributed by atoms with Crippen molar-refractivity contribution in [2.45, 2.75) is 38.5 Å². The largest absolute Gasteiger partial charge is 0.251 e. The van der Waals surface area contributed by atoms with Gasteiger partial charge < -0.3 is 0 Å². The molecule has 0 bridgehead atoms. The highest BCUT2D eigenvalue weighted by atomic mass is 31.1. The van der Waals surface area contributed by atoms with E-state index in [1.165, 1.54) is 20.9 Å². The Balaban J connectivity index is 2.76. The molecule has 0 fully saturated rings. The zero-order valence-electron chi connectivity index (χ0n) is 8.27. The highest BCUT2D eigenvalue weighted by Gasteiger charge is 1.92. The van der Waals surface area contributed by atoms with Gasteiger partial charge in [0.15, 0.2) is 0 Å². The zero-order valence-corrected chi connectivity index (χ0v) is 9.17. The summed E-state index contributed by atoms with van der Waals surface area (Å²) in [7, 11) is 1.46. The Morgan fingerprint density at radius 3 is 1.46 bits per heavy atom. The summed E-state index contributed by atoms with van der Waals surface area (Å²) in [5, 5.41) is 0. The maximum Gasteiger partial charge on any atom is 0.0894 e. The highest BCUT2D eigenvalue weighted by Crippen LogP contribution is 2.16. The average molecular weight is 209 g/mol. The quantitative estimate of drug-likeness (QED) is 0.373. The van der Waals surface area contributed by atoms with Crippen molar-refractivity contribution in [2.24, 2.45) is 0 Å². The van der Waals surface area contributed by atoms with Gasteiger partial charge in [0.2, 0.25) is 0 Å². The van der Waals surface area contributed by atoms with E-state index in [4.69, 9.17) is 0 Å². The van der Waals surface area contributed by atoms with Gasteiger partial charge in [-0.3, -0.25) is 8.78 Å². The van der Waals surface area contributed by atoms with Crippen LogP contribution < -0.4 is 0 Å². The van der Waals surface area contributed by atoms with Crippen molar-refractivity contribution < 1.29 is 8.78 Å².